The van der Waals surface area contributed by atoms with Crippen molar-refractivity contribution in [2.45, 2.75) is 13.3 Å². The Morgan fingerprint density at radius 3 is 2.70 bits per heavy atom. The average molecular weight is 183 g/mol. The maximum atomic E-state index is 5.48. The van der Waals surface area contributed by atoms with E-state index in [9.17, 15) is 0 Å². The van der Waals surface area contributed by atoms with Crippen molar-refractivity contribution in [3.8, 4) is 0 Å². The van der Waals surface area contributed by atoms with Gasteiger partial charge in [-0.25, -0.2) is 0 Å². The Hall–Kier alpha value is 0.600. The summed E-state index contributed by atoms with van der Waals surface area (Å²) in [7, 11) is 0. The topological polar surface area (TPSA) is 9.23 Å². The molecule has 0 rings (SSSR count). The smallest absolute Gasteiger partial charge is 0.0556 e. The predicted octanol–water partition coefficient (Wildman–Crippen LogP) is 2.39. The second-order valence-corrected chi connectivity index (χ2v) is 3.52. The molecule has 0 amide bonds. The molecule has 10 heavy (non-hydrogen) atoms. The van der Waals surface area contributed by atoms with Crippen LogP contribution in [0.5, 0.6) is 0 Å². The van der Waals surface area contributed by atoms with Gasteiger partial charge in [0.15, 0.2) is 0 Å². The normalized spacial score (nSPS) is 10.2. The SMILES string of the molecule is CCCOCCSCCCl. The van der Waals surface area contributed by atoms with Gasteiger partial charge >= 0.3 is 0 Å². The van der Waals surface area contributed by atoms with Crippen LogP contribution >= 0.6 is 23.4 Å². The second kappa shape index (κ2) is 9.60. The van der Waals surface area contributed by atoms with Gasteiger partial charge in [0, 0.05) is 24.0 Å². The summed E-state index contributed by atoms with van der Waals surface area (Å²) in [5.74, 6) is 2.86. The number of rotatable bonds is 7. The molecule has 62 valence electrons. The minimum atomic E-state index is 0.748. The maximum Gasteiger partial charge on any atom is 0.0556 e. The average Bonchev–Trinajstić information content (AvgIpc) is 1.97. The van der Waals surface area contributed by atoms with Gasteiger partial charge in [-0.2, -0.15) is 11.8 Å². The van der Waals surface area contributed by atoms with E-state index in [0.717, 1.165) is 37.0 Å². The van der Waals surface area contributed by atoms with Crippen molar-refractivity contribution >= 4 is 23.4 Å². The van der Waals surface area contributed by atoms with E-state index in [1.165, 1.54) is 0 Å². The number of halogens is 1. The lowest BCUT2D eigenvalue weighted by Gasteiger charge is -2.00. The Morgan fingerprint density at radius 2 is 2.10 bits per heavy atom. The van der Waals surface area contributed by atoms with Crippen LogP contribution in [0.15, 0.2) is 0 Å². The number of hydrogen-bond donors (Lipinski definition) is 0. The van der Waals surface area contributed by atoms with Gasteiger partial charge in [0.25, 0.3) is 0 Å². The molecule has 0 unspecified atom stereocenters. The van der Waals surface area contributed by atoms with Gasteiger partial charge in [-0.1, -0.05) is 6.92 Å². The van der Waals surface area contributed by atoms with E-state index in [2.05, 4.69) is 6.92 Å². The first kappa shape index (κ1) is 10.6. The molecule has 0 heterocycles. The minimum Gasteiger partial charge on any atom is -0.381 e. The van der Waals surface area contributed by atoms with Gasteiger partial charge in [-0.3, -0.25) is 0 Å². The number of alkyl halides is 1. The molecule has 0 aromatic carbocycles. The van der Waals surface area contributed by atoms with E-state index in [4.69, 9.17) is 16.3 Å². The first-order valence-electron chi connectivity index (χ1n) is 3.63. The zero-order valence-electron chi connectivity index (χ0n) is 6.44. The summed E-state index contributed by atoms with van der Waals surface area (Å²) in [4.78, 5) is 0. The van der Waals surface area contributed by atoms with Crippen molar-refractivity contribution in [1.29, 1.82) is 0 Å². The highest BCUT2D eigenvalue weighted by molar-refractivity contribution is 7.99. The maximum absolute atomic E-state index is 5.48. The molecule has 0 aromatic heterocycles. The highest BCUT2D eigenvalue weighted by Gasteiger charge is 1.87. The van der Waals surface area contributed by atoms with Gasteiger partial charge in [0.1, 0.15) is 0 Å². The molecule has 0 aliphatic carbocycles. The van der Waals surface area contributed by atoms with E-state index in [1.54, 1.807) is 0 Å². The quantitative estimate of drug-likeness (QED) is 0.442. The fraction of sp³-hybridized carbons (Fsp3) is 1.00. The Kier molecular flexibility index (Phi) is 10.2. The summed E-state index contributed by atoms with van der Waals surface area (Å²) in [6.07, 6.45) is 1.11. The van der Waals surface area contributed by atoms with Crippen molar-refractivity contribution in [3.63, 3.8) is 0 Å². The molecule has 1 nitrogen and oxygen atoms in total. The summed E-state index contributed by atoms with van der Waals surface area (Å²) >= 11 is 7.33. The molecule has 0 aliphatic rings. The molecule has 0 spiro atoms. The van der Waals surface area contributed by atoms with Crippen molar-refractivity contribution in [2.75, 3.05) is 30.6 Å². The zero-order valence-corrected chi connectivity index (χ0v) is 8.01. The standard InChI is InChI=1S/C7H15ClOS/c1-2-4-9-5-7-10-6-3-8/h2-7H2,1H3. The number of thioether (sulfide) groups is 1. The fourth-order valence-corrected chi connectivity index (χ4v) is 1.40. The van der Waals surface area contributed by atoms with Crippen molar-refractivity contribution in [1.82, 2.24) is 0 Å². The Labute approximate surface area is 72.5 Å². The molecule has 0 N–H and O–H groups in total. The molecule has 0 atom stereocenters. The lowest BCUT2D eigenvalue weighted by molar-refractivity contribution is 0.151. The Morgan fingerprint density at radius 1 is 1.30 bits per heavy atom. The lowest BCUT2D eigenvalue weighted by Crippen LogP contribution is -1.98. The van der Waals surface area contributed by atoms with E-state index in [-0.39, 0.29) is 0 Å². The molecule has 0 aromatic rings. The van der Waals surface area contributed by atoms with E-state index in [0.29, 0.717) is 0 Å². The van der Waals surface area contributed by atoms with Crippen molar-refractivity contribution < 1.29 is 4.74 Å². The monoisotopic (exact) mass is 182 g/mol. The summed E-state index contributed by atoms with van der Waals surface area (Å²) in [5, 5.41) is 0. The summed E-state index contributed by atoms with van der Waals surface area (Å²) in [5.41, 5.74) is 0. The van der Waals surface area contributed by atoms with Gasteiger partial charge in [-0.05, 0) is 6.42 Å². The molecular formula is C7H15ClOS. The first-order chi connectivity index (χ1) is 4.91. The van der Waals surface area contributed by atoms with Crippen LogP contribution in [0, 0.1) is 0 Å². The van der Waals surface area contributed by atoms with Crippen LogP contribution < -0.4 is 0 Å². The van der Waals surface area contributed by atoms with Crippen LogP contribution in [0.4, 0.5) is 0 Å². The highest BCUT2D eigenvalue weighted by Crippen LogP contribution is 1.99. The third kappa shape index (κ3) is 8.60. The summed E-state index contributed by atoms with van der Waals surface area (Å²) < 4.78 is 5.27. The first-order valence-corrected chi connectivity index (χ1v) is 5.32. The number of ether oxygens (including phenoxy) is 1. The molecule has 0 saturated carbocycles. The van der Waals surface area contributed by atoms with Gasteiger partial charge < -0.3 is 4.74 Å². The second-order valence-electron chi connectivity index (χ2n) is 1.91. The third-order valence-electron chi connectivity index (χ3n) is 0.942. The lowest BCUT2D eigenvalue weighted by atomic mass is 10.5. The van der Waals surface area contributed by atoms with E-state index < -0.39 is 0 Å². The van der Waals surface area contributed by atoms with Crippen molar-refractivity contribution in [3.05, 3.63) is 0 Å². The molecule has 0 radical (unpaired) electrons. The van der Waals surface area contributed by atoms with Crippen LogP contribution in [-0.4, -0.2) is 30.6 Å². The van der Waals surface area contributed by atoms with Gasteiger partial charge in [0.05, 0.1) is 6.61 Å². The molecule has 3 heteroatoms. The van der Waals surface area contributed by atoms with Crippen LogP contribution in [0.2, 0.25) is 0 Å². The minimum absolute atomic E-state index is 0.748. The Balaban J connectivity index is 2.65. The Bertz CT molecular complexity index is 53.6. The summed E-state index contributed by atoms with van der Waals surface area (Å²) in [6, 6.07) is 0. The molecule has 0 aliphatic heterocycles. The molecular weight excluding hydrogens is 168 g/mol. The molecule has 0 fully saturated rings. The zero-order chi connectivity index (χ0) is 7.66. The van der Waals surface area contributed by atoms with Crippen molar-refractivity contribution in [2.24, 2.45) is 0 Å². The third-order valence-corrected chi connectivity index (χ3v) is 2.30. The van der Waals surface area contributed by atoms with Gasteiger partial charge in [0.2, 0.25) is 0 Å². The largest absolute Gasteiger partial charge is 0.381 e. The van der Waals surface area contributed by atoms with Crippen LogP contribution in [0.1, 0.15) is 13.3 Å². The number of hydrogen-bond acceptors (Lipinski definition) is 2. The van der Waals surface area contributed by atoms with Crippen LogP contribution in [0.25, 0.3) is 0 Å². The van der Waals surface area contributed by atoms with Crippen LogP contribution in [0.3, 0.4) is 0 Å². The van der Waals surface area contributed by atoms with Gasteiger partial charge in [-0.15, -0.1) is 11.6 Å². The summed E-state index contributed by atoms with van der Waals surface area (Å²) in [6.45, 7) is 3.88. The molecule has 0 bridgehead atoms. The van der Waals surface area contributed by atoms with E-state index in [1.807, 2.05) is 11.8 Å². The highest BCUT2D eigenvalue weighted by atomic mass is 35.5. The van der Waals surface area contributed by atoms with E-state index >= 15 is 0 Å². The predicted molar refractivity (Wildman–Crippen MR) is 49.2 cm³/mol. The fourth-order valence-electron chi connectivity index (χ4n) is 0.521. The molecule has 0 saturated heterocycles. The van der Waals surface area contributed by atoms with Crippen LogP contribution in [-0.2, 0) is 4.74 Å².